The van der Waals surface area contributed by atoms with E-state index in [4.69, 9.17) is 4.74 Å². The Morgan fingerprint density at radius 2 is 2.17 bits per heavy atom. The normalized spacial score (nSPS) is 27.8. The third-order valence-electron chi connectivity index (χ3n) is 3.85. The van der Waals surface area contributed by atoms with Crippen molar-refractivity contribution in [3.05, 3.63) is 12.3 Å². The highest BCUT2D eigenvalue weighted by molar-refractivity contribution is 5.29. The lowest BCUT2D eigenvalue weighted by molar-refractivity contribution is 0.260. The van der Waals surface area contributed by atoms with Gasteiger partial charge >= 0.3 is 0 Å². The van der Waals surface area contributed by atoms with Crippen LogP contribution in [-0.2, 0) is 0 Å². The molecule has 0 spiro atoms. The molecule has 0 aromatic carbocycles. The van der Waals surface area contributed by atoms with E-state index < -0.39 is 0 Å². The van der Waals surface area contributed by atoms with Gasteiger partial charge in [-0.3, -0.25) is 0 Å². The van der Waals surface area contributed by atoms with Gasteiger partial charge < -0.3 is 10.1 Å². The summed E-state index contributed by atoms with van der Waals surface area (Å²) < 4.78 is 5.38. The molecule has 0 aliphatic heterocycles. The number of anilines is 1. The van der Waals surface area contributed by atoms with Crippen molar-refractivity contribution in [3.8, 4) is 5.88 Å². The van der Waals surface area contributed by atoms with Gasteiger partial charge in [0, 0.05) is 18.3 Å². The maximum Gasteiger partial charge on any atom is 0.226 e. The molecule has 1 heterocycles. The Morgan fingerprint density at radius 3 is 2.89 bits per heavy atom. The third kappa shape index (κ3) is 3.34. The van der Waals surface area contributed by atoms with Gasteiger partial charge in [-0.1, -0.05) is 13.8 Å². The number of rotatable bonds is 4. The average Bonchev–Trinajstić information content (AvgIpc) is 2.35. The van der Waals surface area contributed by atoms with Crippen molar-refractivity contribution in [2.24, 2.45) is 11.8 Å². The van der Waals surface area contributed by atoms with Crippen LogP contribution < -0.4 is 10.1 Å². The Labute approximate surface area is 109 Å². The fraction of sp³-hybridized carbons (Fsp3) is 0.714. The molecule has 3 unspecified atom stereocenters. The third-order valence-corrected chi connectivity index (χ3v) is 3.85. The molecule has 3 atom stereocenters. The molecule has 1 saturated carbocycles. The smallest absolute Gasteiger partial charge is 0.226 e. The van der Waals surface area contributed by atoms with Crippen molar-refractivity contribution < 1.29 is 4.74 Å². The molecule has 1 N–H and O–H groups in total. The second-order valence-electron chi connectivity index (χ2n) is 5.26. The maximum atomic E-state index is 5.38. The van der Waals surface area contributed by atoms with Gasteiger partial charge in [0.1, 0.15) is 0 Å². The molecule has 1 aliphatic carbocycles. The first-order valence-corrected chi connectivity index (χ1v) is 6.91. The Morgan fingerprint density at radius 1 is 1.33 bits per heavy atom. The number of aromatic nitrogens is 2. The summed E-state index contributed by atoms with van der Waals surface area (Å²) in [5.41, 5.74) is 0. The van der Waals surface area contributed by atoms with Gasteiger partial charge in [0.15, 0.2) is 0 Å². The Bertz CT molecular complexity index is 383. The lowest BCUT2D eigenvalue weighted by atomic mass is 9.79. The van der Waals surface area contributed by atoms with Gasteiger partial charge in [-0.15, -0.1) is 0 Å². The van der Waals surface area contributed by atoms with Crippen molar-refractivity contribution in [1.82, 2.24) is 9.97 Å². The minimum Gasteiger partial charge on any atom is -0.478 e. The predicted octanol–water partition coefficient (Wildman–Crippen LogP) is 3.11. The molecule has 100 valence electrons. The lowest BCUT2D eigenvalue weighted by Crippen LogP contribution is -2.31. The molecular formula is C14H23N3O. The zero-order valence-corrected chi connectivity index (χ0v) is 11.5. The van der Waals surface area contributed by atoms with Gasteiger partial charge in [-0.05, 0) is 38.0 Å². The monoisotopic (exact) mass is 249 g/mol. The first-order valence-electron chi connectivity index (χ1n) is 6.91. The molecule has 0 saturated heterocycles. The summed E-state index contributed by atoms with van der Waals surface area (Å²) in [5.74, 6) is 2.94. The second kappa shape index (κ2) is 6.03. The van der Waals surface area contributed by atoms with E-state index in [9.17, 15) is 0 Å². The van der Waals surface area contributed by atoms with E-state index in [0.717, 1.165) is 11.8 Å². The van der Waals surface area contributed by atoms with E-state index in [-0.39, 0.29) is 0 Å². The van der Waals surface area contributed by atoms with Crippen LogP contribution in [0.3, 0.4) is 0 Å². The Hall–Kier alpha value is -1.32. The van der Waals surface area contributed by atoms with Crippen molar-refractivity contribution in [1.29, 1.82) is 0 Å². The summed E-state index contributed by atoms with van der Waals surface area (Å²) in [6.45, 7) is 7.26. The summed E-state index contributed by atoms with van der Waals surface area (Å²) >= 11 is 0. The number of nitrogens with zero attached hydrogens (tertiary/aromatic N) is 2. The quantitative estimate of drug-likeness (QED) is 0.890. The molecule has 1 aromatic rings. The van der Waals surface area contributed by atoms with Crippen LogP contribution in [0.25, 0.3) is 0 Å². The van der Waals surface area contributed by atoms with E-state index in [1.54, 1.807) is 12.3 Å². The maximum absolute atomic E-state index is 5.38. The number of nitrogens with one attached hydrogen (secondary N) is 1. The van der Waals surface area contributed by atoms with E-state index in [0.29, 0.717) is 24.5 Å². The summed E-state index contributed by atoms with van der Waals surface area (Å²) in [5, 5.41) is 3.43. The largest absolute Gasteiger partial charge is 0.478 e. The first kappa shape index (κ1) is 13.1. The molecule has 4 heteroatoms. The van der Waals surface area contributed by atoms with Gasteiger partial charge in [0.2, 0.25) is 11.8 Å². The standard InChI is InChI=1S/C14H23N3O/c1-4-18-13-7-8-15-14(17-13)16-12-6-5-10(2)11(3)9-12/h7-8,10-12H,4-6,9H2,1-3H3,(H,15,16,17). The van der Waals surface area contributed by atoms with Crippen molar-refractivity contribution in [2.75, 3.05) is 11.9 Å². The topological polar surface area (TPSA) is 47.0 Å². The molecule has 0 radical (unpaired) electrons. The Kier molecular flexibility index (Phi) is 4.39. The van der Waals surface area contributed by atoms with Crippen molar-refractivity contribution in [3.63, 3.8) is 0 Å². The van der Waals surface area contributed by atoms with Crippen molar-refractivity contribution >= 4 is 5.95 Å². The molecule has 4 nitrogen and oxygen atoms in total. The van der Waals surface area contributed by atoms with E-state index in [1.807, 2.05) is 6.92 Å². The zero-order chi connectivity index (χ0) is 13.0. The summed E-state index contributed by atoms with van der Waals surface area (Å²) in [7, 11) is 0. The van der Waals surface area contributed by atoms with Crippen LogP contribution in [0.4, 0.5) is 5.95 Å². The molecule has 2 rings (SSSR count). The molecule has 1 aromatic heterocycles. The summed E-state index contributed by atoms with van der Waals surface area (Å²) in [6, 6.07) is 2.29. The summed E-state index contributed by atoms with van der Waals surface area (Å²) in [4.78, 5) is 8.61. The highest BCUT2D eigenvalue weighted by Crippen LogP contribution is 2.30. The minimum absolute atomic E-state index is 0.494. The fourth-order valence-corrected chi connectivity index (χ4v) is 2.50. The van der Waals surface area contributed by atoms with Crippen molar-refractivity contribution in [2.45, 2.75) is 46.1 Å². The van der Waals surface area contributed by atoms with Crippen LogP contribution in [0.15, 0.2) is 12.3 Å². The SMILES string of the molecule is CCOc1ccnc(NC2CCC(C)C(C)C2)n1. The average molecular weight is 249 g/mol. The summed E-state index contributed by atoms with van der Waals surface area (Å²) in [6.07, 6.45) is 5.43. The van der Waals surface area contributed by atoms with Gasteiger partial charge in [0.25, 0.3) is 0 Å². The molecule has 1 aliphatic rings. The van der Waals surface area contributed by atoms with E-state index in [2.05, 4.69) is 29.1 Å². The van der Waals surface area contributed by atoms with Crippen LogP contribution in [0.5, 0.6) is 5.88 Å². The van der Waals surface area contributed by atoms with E-state index in [1.165, 1.54) is 19.3 Å². The highest BCUT2D eigenvalue weighted by atomic mass is 16.5. The second-order valence-corrected chi connectivity index (χ2v) is 5.26. The van der Waals surface area contributed by atoms with Gasteiger partial charge in [-0.2, -0.15) is 4.98 Å². The molecule has 18 heavy (non-hydrogen) atoms. The lowest BCUT2D eigenvalue weighted by Gasteiger charge is -2.32. The van der Waals surface area contributed by atoms with Crippen LogP contribution >= 0.6 is 0 Å². The zero-order valence-electron chi connectivity index (χ0n) is 11.5. The first-order chi connectivity index (χ1) is 8.69. The van der Waals surface area contributed by atoms with Crippen LogP contribution in [0.2, 0.25) is 0 Å². The fourth-order valence-electron chi connectivity index (χ4n) is 2.50. The molecular weight excluding hydrogens is 226 g/mol. The number of hydrogen-bond acceptors (Lipinski definition) is 4. The van der Waals surface area contributed by atoms with Gasteiger partial charge in [-0.25, -0.2) is 4.98 Å². The predicted molar refractivity (Wildman–Crippen MR) is 72.8 cm³/mol. The molecule has 0 bridgehead atoms. The van der Waals surface area contributed by atoms with Gasteiger partial charge in [0.05, 0.1) is 6.61 Å². The van der Waals surface area contributed by atoms with E-state index >= 15 is 0 Å². The van der Waals surface area contributed by atoms with Crippen LogP contribution in [0, 0.1) is 11.8 Å². The van der Waals surface area contributed by atoms with Crippen LogP contribution in [0.1, 0.15) is 40.0 Å². The minimum atomic E-state index is 0.494. The number of ether oxygens (including phenoxy) is 1. The number of hydrogen-bond donors (Lipinski definition) is 1. The molecule has 1 fully saturated rings. The van der Waals surface area contributed by atoms with Crippen LogP contribution in [-0.4, -0.2) is 22.6 Å². The highest BCUT2D eigenvalue weighted by Gasteiger charge is 2.24. The Balaban J connectivity index is 1.94. The molecule has 0 amide bonds.